The standard InChI is InChI=1S/C22H32FNO5/c1-22(2,26)13-28-17-7-5-16(6-8-17)24-21(25)14-10-18(11-14)29-20-12-15(23)4-9-19(20)27-3/h4,9,12,14,16-18,26H,5-8,10-11,13H2,1-3H3,(H,24,25)/t14-,16-,17-,18-. The van der Waals surface area contributed by atoms with Crippen molar-refractivity contribution in [2.24, 2.45) is 5.92 Å². The van der Waals surface area contributed by atoms with Gasteiger partial charge in [0.05, 0.1) is 25.4 Å². The van der Waals surface area contributed by atoms with Gasteiger partial charge in [0.1, 0.15) is 11.9 Å². The predicted octanol–water partition coefficient (Wildman–Crippen LogP) is 3.21. The van der Waals surface area contributed by atoms with Crippen LogP contribution in [0.1, 0.15) is 52.4 Å². The zero-order valence-corrected chi connectivity index (χ0v) is 17.4. The minimum atomic E-state index is -0.816. The number of hydrogen-bond donors (Lipinski definition) is 2. The minimum Gasteiger partial charge on any atom is -0.493 e. The van der Waals surface area contributed by atoms with Gasteiger partial charge >= 0.3 is 0 Å². The van der Waals surface area contributed by atoms with Gasteiger partial charge in [0, 0.05) is 18.0 Å². The average Bonchev–Trinajstić information content (AvgIpc) is 2.63. The summed E-state index contributed by atoms with van der Waals surface area (Å²) in [6.45, 7) is 3.80. The van der Waals surface area contributed by atoms with Crippen LogP contribution in [-0.4, -0.2) is 48.6 Å². The highest BCUT2D eigenvalue weighted by Crippen LogP contribution is 2.36. The number of methoxy groups -OCH3 is 1. The first kappa shape index (κ1) is 21.8. The van der Waals surface area contributed by atoms with E-state index in [0.29, 0.717) is 30.9 Å². The summed E-state index contributed by atoms with van der Waals surface area (Å²) in [6, 6.07) is 4.35. The van der Waals surface area contributed by atoms with E-state index >= 15 is 0 Å². The Labute approximate surface area is 171 Å². The van der Waals surface area contributed by atoms with Gasteiger partial charge in [-0.15, -0.1) is 0 Å². The molecule has 2 aliphatic rings. The molecule has 0 bridgehead atoms. The molecule has 0 radical (unpaired) electrons. The third kappa shape index (κ3) is 6.31. The van der Waals surface area contributed by atoms with Crippen molar-refractivity contribution in [3.63, 3.8) is 0 Å². The molecule has 0 aromatic heterocycles. The van der Waals surface area contributed by atoms with E-state index in [2.05, 4.69) is 5.32 Å². The van der Waals surface area contributed by atoms with Gasteiger partial charge in [0.2, 0.25) is 5.91 Å². The van der Waals surface area contributed by atoms with Crippen LogP contribution in [0.25, 0.3) is 0 Å². The molecule has 2 N–H and O–H groups in total. The fraction of sp³-hybridized carbons (Fsp3) is 0.682. The molecule has 2 aliphatic carbocycles. The Kier molecular flexibility index (Phi) is 7.01. The van der Waals surface area contributed by atoms with E-state index in [-0.39, 0.29) is 35.9 Å². The molecule has 29 heavy (non-hydrogen) atoms. The Morgan fingerprint density at radius 2 is 1.86 bits per heavy atom. The lowest BCUT2D eigenvalue weighted by atomic mass is 9.81. The van der Waals surface area contributed by atoms with E-state index in [4.69, 9.17) is 14.2 Å². The summed E-state index contributed by atoms with van der Waals surface area (Å²) in [7, 11) is 1.52. The highest BCUT2D eigenvalue weighted by atomic mass is 19.1. The van der Waals surface area contributed by atoms with Crippen molar-refractivity contribution in [3.8, 4) is 11.5 Å². The highest BCUT2D eigenvalue weighted by Gasteiger charge is 2.37. The van der Waals surface area contributed by atoms with Crippen LogP contribution in [0, 0.1) is 11.7 Å². The minimum absolute atomic E-state index is 0.0660. The molecule has 2 saturated carbocycles. The highest BCUT2D eigenvalue weighted by molar-refractivity contribution is 5.80. The molecule has 3 rings (SSSR count). The van der Waals surface area contributed by atoms with Gasteiger partial charge in [-0.25, -0.2) is 4.39 Å². The maximum atomic E-state index is 13.4. The molecule has 1 aromatic carbocycles. The molecular weight excluding hydrogens is 377 g/mol. The van der Waals surface area contributed by atoms with E-state index < -0.39 is 5.60 Å². The first-order valence-electron chi connectivity index (χ1n) is 10.4. The van der Waals surface area contributed by atoms with E-state index in [9.17, 15) is 14.3 Å². The number of carbonyl (C=O) groups excluding carboxylic acids is 1. The predicted molar refractivity (Wildman–Crippen MR) is 107 cm³/mol. The van der Waals surface area contributed by atoms with Crippen molar-refractivity contribution >= 4 is 5.91 Å². The van der Waals surface area contributed by atoms with Crippen LogP contribution < -0.4 is 14.8 Å². The van der Waals surface area contributed by atoms with Gasteiger partial charge in [-0.1, -0.05) is 0 Å². The maximum absolute atomic E-state index is 13.4. The van der Waals surface area contributed by atoms with Crippen molar-refractivity contribution < 1.29 is 28.5 Å². The van der Waals surface area contributed by atoms with Crippen LogP contribution in [0.4, 0.5) is 4.39 Å². The van der Waals surface area contributed by atoms with E-state index in [1.807, 2.05) is 0 Å². The molecule has 0 unspecified atom stereocenters. The molecule has 2 fully saturated rings. The number of amides is 1. The van der Waals surface area contributed by atoms with Crippen molar-refractivity contribution in [1.82, 2.24) is 5.32 Å². The largest absolute Gasteiger partial charge is 0.493 e. The van der Waals surface area contributed by atoms with Crippen molar-refractivity contribution in [3.05, 3.63) is 24.0 Å². The molecule has 1 amide bonds. The Morgan fingerprint density at radius 1 is 1.17 bits per heavy atom. The number of hydrogen-bond acceptors (Lipinski definition) is 5. The second-order valence-corrected chi connectivity index (χ2v) is 8.81. The van der Waals surface area contributed by atoms with E-state index in [1.54, 1.807) is 13.8 Å². The second kappa shape index (κ2) is 9.30. The molecular formula is C22H32FNO5. The monoisotopic (exact) mass is 409 g/mol. The van der Waals surface area contributed by atoms with Crippen molar-refractivity contribution in [1.29, 1.82) is 0 Å². The molecule has 0 saturated heterocycles. The third-order valence-electron chi connectivity index (χ3n) is 5.58. The van der Waals surface area contributed by atoms with Crippen LogP contribution in [-0.2, 0) is 9.53 Å². The van der Waals surface area contributed by atoms with E-state index in [0.717, 1.165) is 25.7 Å². The first-order chi connectivity index (χ1) is 13.7. The summed E-state index contributed by atoms with van der Waals surface area (Å²) < 4.78 is 30.2. The molecule has 0 spiro atoms. The lowest BCUT2D eigenvalue weighted by Gasteiger charge is -2.36. The summed E-state index contributed by atoms with van der Waals surface area (Å²) in [5.74, 6) is 0.487. The second-order valence-electron chi connectivity index (χ2n) is 8.81. The van der Waals surface area contributed by atoms with Gasteiger partial charge in [-0.05, 0) is 64.5 Å². The smallest absolute Gasteiger partial charge is 0.223 e. The maximum Gasteiger partial charge on any atom is 0.223 e. The molecule has 1 aromatic rings. The quantitative estimate of drug-likeness (QED) is 0.690. The SMILES string of the molecule is COc1ccc(F)cc1O[C@H]1C[C@H](C(=O)N[C@H]2CC[C@H](OCC(C)(C)O)CC2)C1. The van der Waals surface area contributed by atoms with Crippen LogP contribution in [0.2, 0.25) is 0 Å². The van der Waals surface area contributed by atoms with Crippen LogP contribution in [0.15, 0.2) is 18.2 Å². The number of carbonyl (C=O) groups is 1. The number of nitrogens with one attached hydrogen (secondary N) is 1. The third-order valence-corrected chi connectivity index (χ3v) is 5.58. The molecule has 6 nitrogen and oxygen atoms in total. The molecule has 7 heteroatoms. The lowest BCUT2D eigenvalue weighted by molar-refractivity contribution is -0.132. The average molecular weight is 409 g/mol. The lowest BCUT2D eigenvalue weighted by Crippen LogP contribution is -2.48. The summed E-state index contributed by atoms with van der Waals surface area (Å²) >= 11 is 0. The Morgan fingerprint density at radius 3 is 2.48 bits per heavy atom. The van der Waals surface area contributed by atoms with Gasteiger partial charge in [-0.3, -0.25) is 4.79 Å². The van der Waals surface area contributed by atoms with Gasteiger partial charge in [0.25, 0.3) is 0 Å². The summed E-state index contributed by atoms with van der Waals surface area (Å²) in [6.07, 6.45) is 4.83. The van der Waals surface area contributed by atoms with Crippen molar-refractivity contribution in [2.45, 2.75) is 76.2 Å². The van der Waals surface area contributed by atoms with Crippen LogP contribution >= 0.6 is 0 Å². The summed E-state index contributed by atoms with van der Waals surface area (Å²) in [4.78, 5) is 12.5. The Bertz CT molecular complexity index is 691. The fourth-order valence-corrected chi connectivity index (χ4v) is 3.81. The number of halogens is 1. The van der Waals surface area contributed by atoms with Gasteiger partial charge in [0.15, 0.2) is 11.5 Å². The topological polar surface area (TPSA) is 77.0 Å². The van der Waals surface area contributed by atoms with Crippen molar-refractivity contribution in [2.75, 3.05) is 13.7 Å². The van der Waals surface area contributed by atoms with Gasteiger partial charge < -0.3 is 24.6 Å². The van der Waals surface area contributed by atoms with E-state index in [1.165, 1.54) is 25.3 Å². The van der Waals surface area contributed by atoms with Crippen LogP contribution in [0.5, 0.6) is 11.5 Å². The number of ether oxygens (including phenoxy) is 3. The normalized spacial score (nSPS) is 27.1. The number of rotatable bonds is 8. The number of benzene rings is 1. The molecule has 162 valence electrons. The van der Waals surface area contributed by atoms with Crippen LogP contribution in [0.3, 0.4) is 0 Å². The summed E-state index contributed by atoms with van der Waals surface area (Å²) in [5.41, 5.74) is -0.816. The molecule has 0 atom stereocenters. The fourth-order valence-electron chi connectivity index (χ4n) is 3.81. The van der Waals surface area contributed by atoms with Gasteiger partial charge in [-0.2, -0.15) is 0 Å². The zero-order valence-electron chi connectivity index (χ0n) is 17.4. The number of aliphatic hydroxyl groups is 1. The zero-order chi connectivity index (χ0) is 21.0. The Hall–Kier alpha value is -1.86. The molecule has 0 heterocycles. The molecule has 0 aliphatic heterocycles. The Balaban J connectivity index is 1.37. The first-order valence-corrected chi connectivity index (χ1v) is 10.4. The summed E-state index contributed by atoms with van der Waals surface area (Å²) in [5, 5.41) is 12.9.